The van der Waals surface area contributed by atoms with E-state index in [4.69, 9.17) is 0 Å². The first kappa shape index (κ1) is 23.0. The van der Waals surface area contributed by atoms with Crippen molar-refractivity contribution in [2.45, 2.75) is 116 Å². The molecule has 0 heterocycles. The summed E-state index contributed by atoms with van der Waals surface area (Å²) in [7, 11) is 4.34. The molecular weight excluding hydrogens is 278 g/mol. The number of nitrogens with zero attached hydrogens (tertiary/aromatic N) is 1. The van der Waals surface area contributed by atoms with Crippen molar-refractivity contribution >= 4 is 0 Å². The summed E-state index contributed by atoms with van der Waals surface area (Å²) in [6.45, 7) is 5.16. The lowest BCUT2D eigenvalue weighted by Crippen LogP contribution is -2.12. The Kier molecular flexibility index (Phi) is 20.0. The van der Waals surface area contributed by atoms with Gasteiger partial charge in [-0.15, -0.1) is 0 Å². The molecule has 1 nitrogen and oxygen atoms in total. The molecule has 0 amide bonds. The quantitative estimate of drug-likeness (QED) is 0.224. The first-order chi connectivity index (χ1) is 11.3. The first-order valence-electron chi connectivity index (χ1n) is 10.7. The molecule has 139 valence electrons. The standard InChI is InChI=1S/C22H46N/c1-4-5-6-7-8-9-10-11-12-13-14-15-16-17-18-19-20-21-22-23(2)3/h1,4-22H2,2-3H3. The van der Waals surface area contributed by atoms with Crippen LogP contribution in [0, 0.1) is 6.92 Å². The Morgan fingerprint density at radius 1 is 0.435 bits per heavy atom. The van der Waals surface area contributed by atoms with Crippen molar-refractivity contribution in [2.75, 3.05) is 20.6 Å². The highest BCUT2D eigenvalue weighted by Crippen LogP contribution is 2.14. The number of hydrogen-bond acceptors (Lipinski definition) is 1. The minimum absolute atomic E-state index is 1.12. The van der Waals surface area contributed by atoms with Gasteiger partial charge in [-0.05, 0) is 27.1 Å². The van der Waals surface area contributed by atoms with Gasteiger partial charge in [-0.25, -0.2) is 0 Å². The van der Waals surface area contributed by atoms with E-state index in [-0.39, 0.29) is 0 Å². The lowest BCUT2D eigenvalue weighted by Gasteiger charge is -2.08. The van der Waals surface area contributed by atoms with Gasteiger partial charge in [0.2, 0.25) is 0 Å². The highest BCUT2D eigenvalue weighted by molar-refractivity contribution is 4.51. The molecule has 0 spiro atoms. The normalized spacial score (nSPS) is 11.5. The summed E-state index contributed by atoms with van der Waals surface area (Å²) in [6.07, 6.45) is 25.7. The second kappa shape index (κ2) is 20.0. The van der Waals surface area contributed by atoms with Crippen molar-refractivity contribution in [2.24, 2.45) is 0 Å². The van der Waals surface area contributed by atoms with Crippen LogP contribution < -0.4 is 0 Å². The molecular formula is C22H46N. The maximum atomic E-state index is 3.90. The van der Waals surface area contributed by atoms with Crippen LogP contribution in [0.1, 0.15) is 116 Å². The Morgan fingerprint density at radius 3 is 0.957 bits per heavy atom. The SMILES string of the molecule is [CH2]CCCCCCCCCCCCCCCCCCCN(C)C. The zero-order valence-corrected chi connectivity index (χ0v) is 16.6. The zero-order valence-electron chi connectivity index (χ0n) is 16.6. The van der Waals surface area contributed by atoms with E-state index in [0.717, 1.165) is 6.42 Å². The van der Waals surface area contributed by atoms with Crippen molar-refractivity contribution in [3.63, 3.8) is 0 Å². The number of unbranched alkanes of at least 4 members (excludes halogenated alkanes) is 17. The Labute approximate surface area is 148 Å². The second-order valence-corrected chi connectivity index (χ2v) is 7.67. The van der Waals surface area contributed by atoms with Gasteiger partial charge >= 0.3 is 0 Å². The molecule has 0 unspecified atom stereocenters. The molecule has 0 aromatic heterocycles. The van der Waals surface area contributed by atoms with Crippen LogP contribution in [0.15, 0.2) is 0 Å². The van der Waals surface area contributed by atoms with Crippen LogP contribution in [-0.2, 0) is 0 Å². The van der Waals surface area contributed by atoms with Crippen molar-refractivity contribution in [1.82, 2.24) is 4.90 Å². The molecule has 1 heteroatoms. The molecule has 0 aromatic rings. The average molecular weight is 325 g/mol. The minimum Gasteiger partial charge on any atom is -0.309 e. The van der Waals surface area contributed by atoms with Gasteiger partial charge in [-0.1, -0.05) is 116 Å². The average Bonchev–Trinajstić information content (AvgIpc) is 2.53. The maximum Gasteiger partial charge on any atom is -0.00248 e. The Morgan fingerprint density at radius 2 is 0.696 bits per heavy atom. The summed E-state index contributed by atoms with van der Waals surface area (Å²) in [6, 6.07) is 0. The smallest absolute Gasteiger partial charge is 0.00248 e. The van der Waals surface area contributed by atoms with Crippen LogP contribution in [0.2, 0.25) is 0 Å². The second-order valence-electron chi connectivity index (χ2n) is 7.67. The molecule has 0 fully saturated rings. The maximum absolute atomic E-state index is 3.90. The largest absolute Gasteiger partial charge is 0.309 e. The lowest BCUT2D eigenvalue weighted by atomic mass is 10.0. The van der Waals surface area contributed by atoms with Gasteiger partial charge in [0.15, 0.2) is 0 Å². The molecule has 0 saturated heterocycles. The summed E-state index contributed by atoms with van der Waals surface area (Å²) >= 11 is 0. The van der Waals surface area contributed by atoms with Gasteiger partial charge in [-0.3, -0.25) is 0 Å². The van der Waals surface area contributed by atoms with Gasteiger partial charge in [0.1, 0.15) is 0 Å². The van der Waals surface area contributed by atoms with Gasteiger partial charge < -0.3 is 4.90 Å². The van der Waals surface area contributed by atoms with Gasteiger partial charge in [0.25, 0.3) is 0 Å². The van der Waals surface area contributed by atoms with E-state index >= 15 is 0 Å². The minimum atomic E-state index is 1.12. The van der Waals surface area contributed by atoms with Crippen LogP contribution in [0.25, 0.3) is 0 Å². The number of hydrogen-bond donors (Lipinski definition) is 0. The van der Waals surface area contributed by atoms with Gasteiger partial charge in [-0.2, -0.15) is 0 Å². The predicted molar refractivity (Wildman–Crippen MR) is 107 cm³/mol. The monoisotopic (exact) mass is 324 g/mol. The molecule has 0 aromatic carbocycles. The van der Waals surface area contributed by atoms with Crippen molar-refractivity contribution < 1.29 is 0 Å². The molecule has 0 aliphatic heterocycles. The van der Waals surface area contributed by atoms with E-state index in [1.165, 1.54) is 116 Å². The molecule has 0 aliphatic rings. The first-order valence-corrected chi connectivity index (χ1v) is 10.7. The van der Waals surface area contributed by atoms with Gasteiger partial charge in [0, 0.05) is 0 Å². The van der Waals surface area contributed by atoms with Crippen LogP contribution in [0.4, 0.5) is 0 Å². The third-order valence-corrected chi connectivity index (χ3v) is 4.86. The lowest BCUT2D eigenvalue weighted by molar-refractivity contribution is 0.389. The van der Waals surface area contributed by atoms with Crippen LogP contribution in [-0.4, -0.2) is 25.5 Å². The van der Waals surface area contributed by atoms with Gasteiger partial charge in [0.05, 0.1) is 0 Å². The summed E-state index contributed by atoms with van der Waals surface area (Å²) in [4.78, 5) is 2.30. The van der Waals surface area contributed by atoms with Crippen LogP contribution in [0.3, 0.4) is 0 Å². The summed E-state index contributed by atoms with van der Waals surface area (Å²) < 4.78 is 0. The van der Waals surface area contributed by atoms with E-state index in [2.05, 4.69) is 25.9 Å². The molecule has 0 N–H and O–H groups in total. The van der Waals surface area contributed by atoms with Crippen LogP contribution >= 0.6 is 0 Å². The summed E-state index contributed by atoms with van der Waals surface area (Å²) in [5.74, 6) is 0. The zero-order chi connectivity index (χ0) is 17.0. The Hall–Kier alpha value is -0.0400. The molecule has 23 heavy (non-hydrogen) atoms. The van der Waals surface area contributed by atoms with Crippen molar-refractivity contribution in [3.8, 4) is 0 Å². The Balaban J connectivity index is 2.95. The van der Waals surface area contributed by atoms with E-state index in [1.807, 2.05) is 0 Å². The fourth-order valence-corrected chi connectivity index (χ4v) is 3.26. The highest BCUT2D eigenvalue weighted by atomic mass is 15.0. The van der Waals surface area contributed by atoms with E-state index in [9.17, 15) is 0 Å². The fourth-order valence-electron chi connectivity index (χ4n) is 3.26. The molecule has 1 radical (unpaired) electrons. The predicted octanol–water partition coefficient (Wildman–Crippen LogP) is 7.40. The molecule has 0 bridgehead atoms. The molecule has 0 rings (SSSR count). The number of rotatable bonds is 19. The topological polar surface area (TPSA) is 3.24 Å². The van der Waals surface area contributed by atoms with Crippen molar-refractivity contribution in [1.29, 1.82) is 0 Å². The molecule has 0 atom stereocenters. The summed E-state index contributed by atoms with van der Waals surface area (Å²) in [5.41, 5.74) is 0. The fraction of sp³-hybridized carbons (Fsp3) is 0.955. The third kappa shape index (κ3) is 22.0. The molecule has 0 saturated carbocycles. The Bertz CT molecular complexity index is 200. The highest BCUT2D eigenvalue weighted by Gasteiger charge is 1.95. The van der Waals surface area contributed by atoms with E-state index < -0.39 is 0 Å². The van der Waals surface area contributed by atoms with E-state index in [1.54, 1.807) is 0 Å². The molecule has 0 aliphatic carbocycles. The van der Waals surface area contributed by atoms with Crippen LogP contribution in [0.5, 0.6) is 0 Å². The van der Waals surface area contributed by atoms with Crippen molar-refractivity contribution in [3.05, 3.63) is 6.92 Å². The summed E-state index contributed by atoms with van der Waals surface area (Å²) in [5, 5.41) is 0. The third-order valence-electron chi connectivity index (χ3n) is 4.86. The van der Waals surface area contributed by atoms with E-state index in [0.29, 0.717) is 0 Å².